The van der Waals surface area contributed by atoms with E-state index in [2.05, 4.69) is 40.3 Å². The largest absolute Gasteiger partial charge is 0.348 e. The van der Waals surface area contributed by atoms with E-state index in [0.29, 0.717) is 0 Å². The Hall–Kier alpha value is -0.830. The fourth-order valence-corrected chi connectivity index (χ4v) is 1.88. The molecule has 1 rings (SSSR count). The molecule has 1 aromatic carbocycles. The van der Waals surface area contributed by atoms with Gasteiger partial charge in [-0.25, -0.2) is 0 Å². The summed E-state index contributed by atoms with van der Waals surface area (Å²) >= 11 is 3.38. The molecule has 0 aliphatic heterocycles. The lowest BCUT2D eigenvalue weighted by Crippen LogP contribution is -2.34. The molecule has 0 spiro atoms. The topological polar surface area (TPSA) is 29.1 Å². The number of nitrogens with one attached hydrogen (secondary N) is 1. The van der Waals surface area contributed by atoms with Crippen LogP contribution in [0.25, 0.3) is 0 Å². The first-order valence-corrected chi connectivity index (χ1v) is 7.10. The van der Waals surface area contributed by atoms with Crippen LogP contribution < -0.4 is 5.32 Å². The zero-order valence-electron chi connectivity index (χ0n) is 10.4. The Morgan fingerprint density at radius 2 is 1.94 bits per heavy atom. The van der Waals surface area contributed by atoms with Crippen molar-refractivity contribution in [2.45, 2.75) is 44.0 Å². The fourth-order valence-electron chi connectivity index (χ4n) is 1.74. The fraction of sp³-hybridized carbons (Fsp3) is 0.500. The van der Waals surface area contributed by atoms with Crippen LogP contribution in [-0.2, 0) is 4.79 Å². The maximum absolute atomic E-state index is 11.9. The highest BCUT2D eigenvalue weighted by molar-refractivity contribution is 9.10. The molecule has 2 nitrogen and oxygen atoms in total. The number of alkyl halides is 1. The number of halogens is 1. The normalized spacial score (nSPS) is 14.1. The molecule has 2 unspecified atom stereocenters. The van der Waals surface area contributed by atoms with Crippen molar-refractivity contribution in [1.82, 2.24) is 5.32 Å². The lowest BCUT2D eigenvalue weighted by atomic mass is 10.0. The molecular weight excluding hydrogens is 278 g/mol. The van der Waals surface area contributed by atoms with Crippen molar-refractivity contribution in [3.63, 3.8) is 0 Å². The van der Waals surface area contributed by atoms with Gasteiger partial charge >= 0.3 is 0 Å². The van der Waals surface area contributed by atoms with E-state index in [1.807, 2.05) is 25.1 Å². The lowest BCUT2D eigenvalue weighted by Gasteiger charge is -2.20. The van der Waals surface area contributed by atoms with Crippen LogP contribution >= 0.6 is 15.9 Å². The maximum atomic E-state index is 11.9. The summed E-state index contributed by atoms with van der Waals surface area (Å²) in [5.74, 6) is 0.0785. The van der Waals surface area contributed by atoms with Gasteiger partial charge in [0.15, 0.2) is 0 Å². The zero-order chi connectivity index (χ0) is 12.7. The summed E-state index contributed by atoms with van der Waals surface area (Å²) in [6.07, 6.45) is 2.83. The van der Waals surface area contributed by atoms with E-state index in [1.54, 1.807) is 0 Å². The van der Waals surface area contributed by atoms with Crippen molar-refractivity contribution in [3.05, 3.63) is 35.9 Å². The first kappa shape index (κ1) is 14.2. The molecule has 0 aromatic heterocycles. The standard InChI is InChI=1S/C14H20BrNO/c1-3-8-13(11-9-6-5-7-10-11)16-14(17)12(15)4-2/h5-7,9-10,12-13H,3-4,8H2,1-2H3,(H,16,17). The van der Waals surface area contributed by atoms with Crippen molar-refractivity contribution in [3.8, 4) is 0 Å². The van der Waals surface area contributed by atoms with Gasteiger partial charge in [0.05, 0.1) is 10.9 Å². The molecule has 0 saturated carbocycles. The smallest absolute Gasteiger partial charge is 0.234 e. The SMILES string of the molecule is CCCC(NC(=O)C(Br)CC)c1ccccc1. The Morgan fingerprint density at radius 1 is 1.29 bits per heavy atom. The Balaban J connectivity index is 2.70. The highest BCUT2D eigenvalue weighted by Crippen LogP contribution is 2.19. The quantitative estimate of drug-likeness (QED) is 0.795. The van der Waals surface area contributed by atoms with Crippen molar-refractivity contribution in [2.75, 3.05) is 0 Å². The van der Waals surface area contributed by atoms with Gasteiger partial charge < -0.3 is 5.32 Å². The van der Waals surface area contributed by atoms with Crippen LogP contribution in [0.2, 0.25) is 0 Å². The predicted molar refractivity (Wildman–Crippen MR) is 75.2 cm³/mol. The van der Waals surface area contributed by atoms with Gasteiger partial charge in [-0.3, -0.25) is 4.79 Å². The third-order valence-electron chi connectivity index (χ3n) is 2.74. The van der Waals surface area contributed by atoms with Crippen LogP contribution in [0.1, 0.15) is 44.7 Å². The minimum atomic E-state index is -0.0921. The molecule has 0 radical (unpaired) electrons. The Bertz CT molecular complexity index is 339. The Morgan fingerprint density at radius 3 is 2.47 bits per heavy atom. The van der Waals surface area contributed by atoms with E-state index in [-0.39, 0.29) is 16.8 Å². The third kappa shape index (κ3) is 4.50. The van der Waals surface area contributed by atoms with Gasteiger partial charge in [0.25, 0.3) is 0 Å². The summed E-state index contributed by atoms with van der Waals surface area (Å²) in [5, 5.41) is 3.10. The highest BCUT2D eigenvalue weighted by atomic mass is 79.9. The van der Waals surface area contributed by atoms with E-state index in [4.69, 9.17) is 0 Å². The number of hydrogen-bond donors (Lipinski definition) is 1. The third-order valence-corrected chi connectivity index (χ3v) is 3.80. The molecule has 2 atom stereocenters. The van der Waals surface area contributed by atoms with Crippen LogP contribution in [0.3, 0.4) is 0 Å². The molecule has 1 amide bonds. The molecule has 0 aliphatic carbocycles. The number of rotatable bonds is 6. The van der Waals surface area contributed by atoms with Crippen LogP contribution in [0.4, 0.5) is 0 Å². The summed E-state index contributed by atoms with van der Waals surface area (Å²) in [7, 11) is 0. The van der Waals surface area contributed by atoms with Crippen molar-refractivity contribution < 1.29 is 4.79 Å². The van der Waals surface area contributed by atoms with Crippen molar-refractivity contribution >= 4 is 21.8 Å². The summed E-state index contributed by atoms with van der Waals surface area (Å²) in [4.78, 5) is 11.8. The number of amides is 1. The van der Waals surface area contributed by atoms with Gasteiger partial charge in [0.2, 0.25) is 5.91 Å². The maximum Gasteiger partial charge on any atom is 0.234 e. The first-order valence-electron chi connectivity index (χ1n) is 6.18. The van der Waals surface area contributed by atoms with Gasteiger partial charge in [-0.1, -0.05) is 66.5 Å². The van der Waals surface area contributed by atoms with Gasteiger partial charge in [-0.15, -0.1) is 0 Å². The van der Waals surface area contributed by atoms with Gasteiger partial charge in [0.1, 0.15) is 0 Å². The van der Waals surface area contributed by atoms with Gasteiger partial charge in [-0.05, 0) is 18.4 Å². The molecule has 94 valence electrons. The molecule has 0 heterocycles. The van der Waals surface area contributed by atoms with Crippen LogP contribution in [0, 0.1) is 0 Å². The second-order valence-electron chi connectivity index (χ2n) is 4.14. The molecule has 0 bridgehead atoms. The number of benzene rings is 1. The van der Waals surface area contributed by atoms with Crippen molar-refractivity contribution in [2.24, 2.45) is 0 Å². The molecule has 17 heavy (non-hydrogen) atoms. The number of carbonyl (C=O) groups is 1. The molecule has 0 fully saturated rings. The monoisotopic (exact) mass is 297 g/mol. The van der Waals surface area contributed by atoms with E-state index in [0.717, 1.165) is 19.3 Å². The van der Waals surface area contributed by atoms with E-state index in [9.17, 15) is 4.79 Å². The summed E-state index contributed by atoms with van der Waals surface area (Å²) in [5.41, 5.74) is 1.18. The Kier molecular flexibility index (Phi) is 6.27. The molecule has 0 saturated heterocycles. The van der Waals surface area contributed by atoms with Crippen LogP contribution in [0.15, 0.2) is 30.3 Å². The predicted octanol–water partition coefficient (Wildman–Crippen LogP) is 3.82. The summed E-state index contributed by atoms with van der Waals surface area (Å²) in [6.45, 7) is 4.13. The number of hydrogen-bond acceptors (Lipinski definition) is 1. The lowest BCUT2D eigenvalue weighted by molar-refractivity contribution is -0.121. The first-order chi connectivity index (χ1) is 8.19. The molecule has 1 aromatic rings. The van der Waals surface area contributed by atoms with Crippen molar-refractivity contribution in [1.29, 1.82) is 0 Å². The Labute approximate surface area is 112 Å². The molecule has 0 aliphatic rings. The van der Waals surface area contributed by atoms with Gasteiger partial charge in [-0.2, -0.15) is 0 Å². The van der Waals surface area contributed by atoms with E-state index >= 15 is 0 Å². The average Bonchev–Trinajstić information content (AvgIpc) is 2.38. The molecule has 3 heteroatoms. The molecular formula is C14H20BrNO. The second kappa shape index (κ2) is 7.49. The summed E-state index contributed by atoms with van der Waals surface area (Å²) in [6, 6.07) is 10.3. The van der Waals surface area contributed by atoms with Gasteiger partial charge in [0, 0.05) is 0 Å². The minimum absolute atomic E-state index is 0.0785. The van der Waals surface area contributed by atoms with E-state index in [1.165, 1.54) is 5.56 Å². The average molecular weight is 298 g/mol. The van der Waals surface area contributed by atoms with E-state index < -0.39 is 0 Å². The van der Waals surface area contributed by atoms with Crippen LogP contribution in [0.5, 0.6) is 0 Å². The van der Waals surface area contributed by atoms with Crippen LogP contribution in [-0.4, -0.2) is 10.7 Å². The molecule has 1 N–H and O–H groups in total. The second-order valence-corrected chi connectivity index (χ2v) is 5.24. The number of carbonyl (C=O) groups excluding carboxylic acids is 1. The zero-order valence-corrected chi connectivity index (χ0v) is 12.0. The highest BCUT2D eigenvalue weighted by Gasteiger charge is 2.17. The summed E-state index contributed by atoms with van der Waals surface area (Å²) < 4.78 is 0. The minimum Gasteiger partial charge on any atom is -0.348 e.